The van der Waals surface area contributed by atoms with E-state index in [1.807, 2.05) is 30.3 Å². The van der Waals surface area contributed by atoms with Gasteiger partial charge in [0, 0.05) is 33.5 Å². The van der Waals surface area contributed by atoms with Gasteiger partial charge < -0.3 is 10.2 Å². The molecule has 0 heterocycles. The second-order valence-corrected chi connectivity index (χ2v) is 26.0. The molecule has 3 heteroatoms. The van der Waals surface area contributed by atoms with E-state index in [0.717, 1.165) is 33.5 Å². The van der Waals surface area contributed by atoms with Crippen LogP contribution in [0.2, 0.25) is 5.02 Å². The molecular formula is C94H63ClN2. The maximum absolute atomic E-state index is 6.60. The van der Waals surface area contributed by atoms with Gasteiger partial charge in [0.25, 0.3) is 0 Å². The second-order valence-electron chi connectivity index (χ2n) is 25.5. The van der Waals surface area contributed by atoms with Crippen molar-refractivity contribution in [3.63, 3.8) is 0 Å². The Hall–Kier alpha value is -12.1. The predicted octanol–water partition coefficient (Wildman–Crippen LogP) is 25.3. The fraction of sp³-hybridized carbons (Fsp3) is 0.0213. The van der Waals surface area contributed by atoms with Crippen molar-refractivity contribution in [2.45, 2.75) is 10.8 Å². The van der Waals surface area contributed by atoms with Crippen LogP contribution in [0.5, 0.6) is 0 Å². The lowest BCUT2D eigenvalue weighted by molar-refractivity contribution is 0.801. The van der Waals surface area contributed by atoms with E-state index >= 15 is 0 Å². The van der Waals surface area contributed by atoms with Crippen LogP contribution in [0.15, 0.2) is 376 Å². The van der Waals surface area contributed by atoms with Crippen molar-refractivity contribution < 1.29 is 0 Å². The third kappa shape index (κ3) is 9.31. The molecule has 0 saturated heterocycles. The molecule has 0 aliphatic heterocycles. The molecule has 16 aromatic carbocycles. The zero-order valence-electron chi connectivity index (χ0n) is 53.1. The zero-order valence-corrected chi connectivity index (χ0v) is 53.9. The summed E-state index contributed by atoms with van der Waals surface area (Å²) in [5.74, 6) is 0. The van der Waals surface area contributed by atoms with E-state index in [-0.39, 0.29) is 5.41 Å². The lowest BCUT2D eigenvalue weighted by Gasteiger charge is -2.33. The molecule has 0 radical (unpaired) electrons. The summed E-state index contributed by atoms with van der Waals surface area (Å²) in [6, 6.07) is 136. The summed E-state index contributed by atoms with van der Waals surface area (Å²) in [5, 5.41) is 9.37. The van der Waals surface area contributed by atoms with E-state index in [4.69, 9.17) is 11.6 Å². The maximum Gasteiger partial charge on any atom is 0.0732 e. The Morgan fingerprint density at radius 1 is 0.227 bits per heavy atom. The fourth-order valence-corrected chi connectivity index (χ4v) is 16.7. The lowest BCUT2D eigenvalue weighted by atomic mass is 9.69. The highest BCUT2D eigenvalue weighted by Crippen LogP contribution is 2.66. The van der Waals surface area contributed by atoms with Crippen molar-refractivity contribution in [2.75, 3.05) is 10.2 Å². The quantitative estimate of drug-likeness (QED) is 0.171. The molecule has 2 spiro atoms. The third-order valence-corrected chi connectivity index (χ3v) is 20.6. The van der Waals surface area contributed by atoms with Crippen LogP contribution < -0.4 is 10.2 Å². The Bertz CT molecular complexity index is 5610. The zero-order chi connectivity index (χ0) is 64.4. The van der Waals surface area contributed by atoms with Gasteiger partial charge in [0.1, 0.15) is 0 Å². The van der Waals surface area contributed by atoms with Gasteiger partial charge >= 0.3 is 0 Å². The van der Waals surface area contributed by atoms with Crippen LogP contribution in [0.25, 0.3) is 88.3 Å². The molecule has 20 rings (SSSR count). The molecule has 0 aromatic heterocycles. The number of hydrogen-bond acceptors (Lipinski definition) is 2. The average molecular weight is 1260 g/mol. The van der Waals surface area contributed by atoms with Crippen molar-refractivity contribution in [1.29, 1.82) is 0 Å². The summed E-state index contributed by atoms with van der Waals surface area (Å²) < 4.78 is 0. The van der Waals surface area contributed by atoms with Gasteiger partial charge in [0.05, 0.1) is 10.8 Å². The van der Waals surface area contributed by atoms with Crippen LogP contribution in [0, 0.1) is 0 Å². The number of halogens is 1. The molecule has 0 fully saturated rings. The molecule has 4 aliphatic carbocycles. The number of nitrogens with zero attached hydrogens (tertiary/aromatic N) is 1. The van der Waals surface area contributed by atoms with Crippen molar-refractivity contribution in [2.24, 2.45) is 0 Å². The first-order valence-corrected chi connectivity index (χ1v) is 33.8. The van der Waals surface area contributed by atoms with Crippen molar-refractivity contribution in [3.05, 3.63) is 426 Å². The summed E-state index contributed by atoms with van der Waals surface area (Å²) in [6.45, 7) is 0. The molecule has 0 amide bonds. The highest BCUT2D eigenvalue weighted by molar-refractivity contribution is 6.31. The van der Waals surface area contributed by atoms with Gasteiger partial charge in [0.2, 0.25) is 0 Å². The molecule has 16 aromatic rings. The van der Waals surface area contributed by atoms with E-state index in [2.05, 4.69) is 356 Å². The Labute approximate surface area is 571 Å². The number of nitrogens with one attached hydrogen (secondary N) is 1. The number of anilines is 5. The number of hydrogen-bond donors (Lipinski definition) is 1. The molecular weight excluding hydrogens is 1190 g/mol. The van der Waals surface area contributed by atoms with Gasteiger partial charge in [-0.1, -0.05) is 315 Å². The Kier molecular flexibility index (Phi) is 14.1. The molecule has 456 valence electrons. The summed E-state index contributed by atoms with van der Waals surface area (Å²) >= 11 is 6.60. The van der Waals surface area contributed by atoms with E-state index < -0.39 is 5.41 Å². The number of fused-ring (bicyclic) bond motifs is 24. The molecule has 0 saturated carbocycles. The number of para-hydroxylation sites is 2. The standard InChI is InChI=1S/C47H31N.C29H17Cl.C18H15N/c1-3-14-32(15-4-1)34-17-13-20-36(30-34)48(35-18-5-2-6-19-35)37-27-29-41-42-28-26-33-16-7-8-21-38(33)46(42)47(45(41)31-37)43-24-11-9-22-39(43)40-23-10-12-25-44(40)47;30-19-14-16-23-24-15-13-18-7-1-2-8-20(18)28(24)29(27(23)17-19)25-11-5-3-9-21(25)22-10-4-6-12-26(22)29;1-3-8-15(9-4-1)16-10-7-13-18(14-16)19-17-11-5-2-6-12-17/h1-31H;1-17H;1-14,19H. The highest BCUT2D eigenvalue weighted by Gasteiger charge is 2.54. The Balaban J connectivity index is 0.000000118. The topological polar surface area (TPSA) is 15.3 Å². The maximum atomic E-state index is 6.60. The van der Waals surface area contributed by atoms with E-state index in [9.17, 15) is 0 Å². The van der Waals surface area contributed by atoms with Crippen LogP contribution in [0.3, 0.4) is 0 Å². The summed E-state index contributed by atoms with van der Waals surface area (Å²) in [4.78, 5) is 2.41. The van der Waals surface area contributed by atoms with Gasteiger partial charge in [-0.3, -0.25) is 0 Å². The van der Waals surface area contributed by atoms with E-state index in [0.29, 0.717) is 0 Å². The summed E-state index contributed by atoms with van der Waals surface area (Å²) in [5.41, 5.74) is 31.0. The van der Waals surface area contributed by atoms with E-state index in [1.54, 1.807) is 0 Å². The van der Waals surface area contributed by atoms with Crippen molar-refractivity contribution in [3.8, 4) is 66.8 Å². The second kappa shape index (κ2) is 23.7. The minimum absolute atomic E-state index is 0.344. The third-order valence-electron chi connectivity index (χ3n) is 20.4. The van der Waals surface area contributed by atoms with Crippen LogP contribution in [0.4, 0.5) is 28.4 Å². The lowest BCUT2D eigenvalue weighted by Crippen LogP contribution is -2.26. The van der Waals surface area contributed by atoms with Gasteiger partial charge in [-0.15, -0.1) is 0 Å². The van der Waals surface area contributed by atoms with E-state index in [1.165, 1.54) is 133 Å². The average Bonchev–Trinajstić information content (AvgIpc) is 1.51. The van der Waals surface area contributed by atoms with Crippen LogP contribution in [-0.4, -0.2) is 0 Å². The first-order chi connectivity index (χ1) is 48.0. The molecule has 4 aliphatic rings. The van der Waals surface area contributed by atoms with Crippen molar-refractivity contribution in [1.82, 2.24) is 0 Å². The molecule has 97 heavy (non-hydrogen) atoms. The first-order valence-electron chi connectivity index (χ1n) is 33.4. The van der Waals surface area contributed by atoms with Gasteiger partial charge in [-0.2, -0.15) is 0 Å². The van der Waals surface area contributed by atoms with Gasteiger partial charge in [-0.05, 0) is 206 Å². The molecule has 0 unspecified atom stereocenters. The number of benzene rings is 16. The summed E-state index contributed by atoms with van der Waals surface area (Å²) in [7, 11) is 0. The molecule has 0 atom stereocenters. The predicted molar refractivity (Wildman–Crippen MR) is 407 cm³/mol. The minimum Gasteiger partial charge on any atom is -0.356 e. The monoisotopic (exact) mass is 1250 g/mol. The normalized spacial score (nSPS) is 13.0. The SMILES string of the molecule is Clc1ccc2c(c1)C1(c3ccccc3-c3ccccc31)c1c-2ccc2ccccc12.c1ccc(-c2cccc(N(c3ccccc3)c3ccc4c(c3)C3(c5ccccc5-c5ccccc53)c3c-4ccc4ccccc34)c2)cc1.c1ccc(Nc2cccc(-c3ccccc3)c2)cc1. The fourth-order valence-electron chi connectivity index (χ4n) is 16.5. The van der Waals surface area contributed by atoms with Gasteiger partial charge in [0.15, 0.2) is 0 Å². The smallest absolute Gasteiger partial charge is 0.0732 e. The van der Waals surface area contributed by atoms with Crippen LogP contribution in [0.1, 0.15) is 44.5 Å². The highest BCUT2D eigenvalue weighted by atomic mass is 35.5. The Morgan fingerprint density at radius 2 is 0.588 bits per heavy atom. The van der Waals surface area contributed by atoms with Crippen molar-refractivity contribution >= 4 is 61.6 Å². The minimum atomic E-state index is -0.441. The first kappa shape index (κ1) is 57.6. The Morgan fingerprint density at radius 3 is 1.11 bits per heavy atom. The molecule has 0 bridgehead atoms. The number of rotatable bonds is 7. The largest absolute Gasteiger partial charge is 0.356 e. The van der Waals surface area contributed by atoms with Crippen LogP contribution in [-0.2, 0) is 10.8 Å². The van der Waals surface area contributed by atoms with Crippen LogP contribution >= 0.6 is 11.6 Å². The molecule has 1 N–H and O–H groups in total. The summed E-state index contributed by atoms with van der Waals surface area (Å²) in [6.07, 6.45) is 0. The molecule has 2 nitrogen and oxygen atoms in total. The van der Waals surface area contributed by atoms with Gasteiger partial charge in [-0.25, -0.2) is 0 Å².